The van der Waals surface area contributed by atoms with E-state index in [1.165, 1.54) is 39.3 Å². The summed E-state index contributed by atoms with van der Waals surface area (Å²) in [4.78, 5) is 36.4. The number of carbonyl (C=O) groups excluding carboxylic acids is 2. The molecule has 200 valence electrons. The van der Waals surface area contributed by atoms with Crippen molar-refractivity contribution in [3.05, 3.63) is 70.9 Å². The summed E-state index contributed by atoms with van der Waals surface area (Å²) in [5.41, 5.74) is 3.41. The Hall–Kier alpha value is -4.39. The Morgan fingerprint density at radius 1 is 1.11 bits per heavy atom. The van der Waals surface area contributed by atoms with E-state index in [0.717, 1.165) is 11.1 Å². The van der Waals surface area contributed by atoms with E-state index in [4.69, 9.17) is 4.74 Å². The number of rotatable bonds is 8. The van der Waals surface area contributed by atoms with E-state index < -0.39 is 35.5 Å². The van der Waals surface area contributed by atoms with Crippen molar-refractivity contribution < 1.29 is 32.3 Å². The van der Waals surface area contributed by atoms with Crippen molar-refractivity contribution in [1.82, 2.24) is 20.8 Å². The quantitative estimate of drug-likeness (QED) is 0.325. The van der Waals surface area contributed by atoms with Crippen LogP contribution in [0.5, 0.6) is 5.75 Å². The molecular weight excluding hydrogens is 505 g/mol. The maximum absolute atomic E-state index is 13.9. The Balaban J connectivity index is 1.65. The number of aromatic nitrogens is 2. The van der Waals surface area contributed by atoms with Gasteiger partial charge < -0.3 is 20.7 Å². The van der Waals surface area contributed by atoms with Crippen LogP contribution in [0.3, 0.4) is 0 Å². The van der Waals surface area contributed by atoms with Crippen molar-refractivity contribution in [1.29, 1.82) is 0 Å². The van der Waals surface area contributed by atoms with Crippen LogP contribution < -0.4 is 26.2 Å². The van der Waals surface area contributed by atoms with Crippen molar-refractivity contribution in [3.63, 3.8) is 0 Å². The standard InChI is InChI=1S/C25H25F3N6O4/c1-13(35)30-21-16-7-5-4-6-14(16)10-19(21)31-22-17(25(26,27)28)12-29-24(33-22)32-18-9-8-15(11-20(18)37-2)23(36)34-38-3/h4-9,11-12,19,21H,10H2,1-3H3,(H,30,35)(H,34,36)(H2,29,31,32,33)/t19-,21-/m1/s1. The molecule has 0 bridgehead atoms. The van der Waals surface area contributed by atoms with Gasteiger partial charge in [0.1, 0.15) is 17.1 Å². The Bertz CT molecular complexity index is 1350. The first-order valence-electron chi connectivity index (χ1n) is 11.4. The number of alkyl halides is 3. The highest BCUT2D eigenvalue weighted by Crippen LogP contribution is 2.38. The zero-order valence-electron chi connectivity index (χ0n) is 20.6. The molecule has 10 nitrogen and oxygen atoms in total. The molecule has 1 aromatic heterocycles. The Labute approximate surface area is 215 Å². The third kappa shape index (κ3) is 5.78. The van der Waals surface area contributed by atoms with Gasteiger partial charge in [0.2, 0.25) is 11.9 Å². The number of carbonyl (C=O) groups is 2. The van der Waals surface area contributed by atoms with Gasteiger partial charge in [0.25, 0.3) is 5.91 Å². The monoisotopic (exact) mass is 530 g/mol. The third-order valence-corrected chi connectivity index (χ3v) is 5.91. The number of fused-ring (bicyclic) bond motifs is 1. The predicted octanol–water partition coefficient (Wildman–Crippen LogP) is 3.75. The molecule has 38 heavy (non-hydrogen) atoms. The fourth-order valence-corrected chi connectivity index (χ4v) is 4.27. The molecule has 2 amide bonds. The van der Waals surface area contributed by atoms with Crippen molar-refractivity contribution in [3.8, 4) is 5.75 Å². The average molecular weight is 531 g/mol. The topological polar surface area (TPSA) is 126 Å². The molecule has 13 heteroatoms. The molecule has 0 unspecified atom stereocenters. The lowest BCUT2D eigenvalue weighted by Gasteiger charge is -2.24. The summed E-state index contributed by atoms with van der Waals surface area (Å²) in [7, 11) is 2.67. The van der Waals surface area contributed by atoms with E-state index in [1.54, 1.807) is 6.07 Å². The fraction of sp³-hybridized carbons (Fsp3) is 0.280. The minimum Gasteiger partial charge on any atom is -0.495 e. The van der Waals surface area contributed by atoms with Crippen LogP contribution in [0.1, 0.15) is 40.0 Å². The highest BCUT2D eigenvalue weighted by molar-refractivity contribution is 5.94. The number of anilines is 3. The van der Waals surface area contributed by atoms with E-state index in [1.807, 2.05) is 18.2 Å². The molecule has 0 fully saturated rings. The zero-order valence-corrected chi connectivity index (χ0v) is 20.6. The summed E-state index contributed by atoms with van der Waals surface area (Å²) in [5, 5.41) is 8.55. The van der Waals surface area contributed by atoms with Crippen LogP contribution in [0.25, 0.3) is 0 Å². The van der Waals surface area contributed by atoms with Gasteiger partial charge in [-0.05, 0) is 35.7 Å². The van der Waals surface area contributed by atoms with Gasteiger partial charge >= 0.3 is 6.18 Å². The number of hydrogen-bond acceptors (Lipinski definition) is 8. The summed E-state index contributed by atoms with van der Waals surface area (Å²) < 4.78 is 46.9. The lowest BCUT2D eigenvalue weighted by atomic mass is 10.1. The Morgan fingerprint density at radius 3 is 2.55 bits per heavy atom. The number of ether oxygens (including phenoxy) is 1. The van der Waals surface area contributed by atoms with Gasteiger partial charge in [-0.1, -0.05) is 24.3 Å². The molecule has 0 spiro atoms. The second-order valence-electron chi connectivity index (χ2n) is 8.46. The number of nitrogens with one attached hydrogen (secondary N) is 4. The van der Waals surface area contributed by atoms with Gasteiger partial charge in [0.05, 0.1) is 32.0 Å². The van der Waals surface area contributed by atoms with Crippen LogP contribution in [0.2, 0.25) is 0 Å². The van der Waals surface area contributed by atoms with Crippen molar-refractivity contribution in [2.75, 3.05) is 24.9 Å². The summed E-state index contributed by atoms with van der Waals surface area (Å²) in [5.74, 6) is -1.18. The largest absolute Gasteiger partial charge is 0.495 e. The molecule has 0 radical (unpaired) electrons. The first kappa shape index (κ1) is 26.7. The van der Waals surface area contributed by atoms with Crippen LogP contribution in [-0.4, -0.2) is 42.0 Å². The molecule has 2 aromatic carbocycles. The highest BCUT2D eigenvalue weighted by Gasteiger charge is 2.38. The van der Waals surface area contributed by atoms with Gasteiger partial charge in [-0.15, -0.1) is 0 Å². The molecule has 0 aliphatic heterocycles. The number of hydrogen-bond donors (Lipinski definition) is 4. The summed E-state index contributed by atoms with van der Waals surface area (Å²) in [6.07, 6.45) is -3.67. The van der Waals surface area contributed by atoms with Crippen molar-refractivity contribution >= 4 is 29.3 Å². The van der Waals surface area contributed by atoms with E-state index in [9.17, 15) is 22.8 Å². The van der Waals surface area contributed by atoms with Crippen LogP contribution in [-0.2, 0) is 22.2 Å². The van der Waals surface area contributed by atoms with Crippen LogP contribution in [0, 0.1) is 0 Å². The first-order chi connectivity index (χ1) is 18.1. The van der Waals surface area contributed by atoms with E-state index >= 15 is 0 Å². The highest BCUT2D eigenvalue weighted by atomic mass is 19.4. The molecule has 0 saturated carbocycles. The minimum absolute atomic E-state index is 0.139. The predicted molar refractivity (Wildman–Crippen MR) is 132 cm³/mol. The second-order valence-corrected chi connectivity index (χ2v) is 8.46. The number of nitrogens with zero attached hydrogens (tertiary/aromatic N) is 2. The summed E-state index contributed by atoms with van der Waals surface area (Å²) in [6, 6.07) is 10.6. The fourth-order valence-electron chi connectivity index (χ4n) is 4.27. The number of benzene rings is 2. The molecule has 1 aliphatic rings. The maximum Gasteiger partial charge on any atom is 0.421 e. The number of amides is 2. The van der Waals surface area contributed by atoms with E-state index in [-0.39, 0.29) is 23.2 Å². The molecule has 4 N–H and O–H groups in total. The van der Waals surface area contributed by atoms with Gasteiger partial charge in [0, 0.05) is 18.7 Å². The van der Waals surface area contributed by atoms with E-state index in [0.29, 0.717) is 18.3 Å². The van der Waals surface area contributed by atoms with E-state index in [2.05, 4.69) is 36.2 Å². The number of hydroxylamine groups is 1. The second kappa shape index (κ2) is 10.9. The maximum atomic E-state index is 13.9. The lowest BCUT2D eigenvalue weighted by molar-refractivity contribution is -0.137. The smallest absolute Gasteiger partial charge is 0.421 e. The van der Waals surface area contributed by atoms with Crippen molar-refractivity contribution in [2.24, 2.45) is 0 Å². The SMILES string of the molecule is CONC(=O)c1ccc(Nc2ncc(C(F)(F)F)c(N[C@@H]3Cc4ccccc4[C@H]3NC(C)=O)n2)c(OC)c1. The molecule has 2 atom stereocenters. The molecule has 1 heterocycles. The molecule has 1 aliphatic carbocycles. The zero-order chi connectivity index (χ0) is 27.4. The molecule has 4 rings (SSSR count). The van der Waals surface area contributed by atoms with Crippen molar-refractivity contribution in [2.45, 2.75) is 31.6 Å². The Morgan fingerprint density at radius 2 is 1.87 bits per heavy atom. The van der Waals surface area contributed by atoms with Gasteiger partial charge in [-0.3, -0.25) is 14.4 Å². The molecule has 0 saturated heterocycles. The first-order valence-corrected chi connectivity index (χ1v) is 11.4. The number of halogens is 3. The lowest BCUT2D eigenvalue weighted by Crippen LogP contribution is -2.37. The Kier molecular flexibility index (Phi) is 7.67. The molecular formula is C25H25F3N6O4. The van der Waals surface area contributed by atoms with Crippen LogP contribution in [0.15, 0.2) is 48.7 Å². The minimum atomic E-state index is -4.73. The van der Waals surface area contributed by atoms with Crippen LogP contribution in [0.4, 0.5) is 30.6 Å². The van der Waals surface area contributed by atoms with Crippen LogP contribution >= 0.6 is 0 Å². The van der Waals surface area contributed by atoms with Gasteiger partial charge in [0.15, 0.2) is 0 Å². The summed E-state index contributed by atoms with van der Waals surface area (Å²) >= 11 is 0. The average Bonchev–Trinajstić information content (AvgIpc) is 3.20. The molecule has 3 aromatic rings. The van der Waals surface area contributed by atoms with Gasteiger partial charge in [-0.2, -0.15) is 18.2 Å². The third-order valence-electron chi connectivity index (χ3n) is 5.91. The summed E-state index contributed by atoms with van der Waals surface area (Å²) in [6.45, 7) is 1.35. The number of methoxy groups -OCH3 is 1. The van der Waals surface area contributed by atoms with Gasteiger partial charge in [-0.25, -0.2) is 10.5 Å². The normalized spacial score (nSPS) is 16.4.